The average Bonchev–Trinajstić information content (AvgIpc) is 3.09. The lowest BCUT2D eigenvalue weighted by molar-refractivity contribution is -0.384. The molecule has 0 fully saturated rings. The molecule has 0 bridgehead atoms. The van der Waals surface area contributed by atoms with Crippen molar-refractivity contribution in [2.45, 2.75) is 13.0 Å². The van der Waals surface area contributed by atoms with E-state index in [1.807, 2.05) is 31.2 Å². The molecule has 3 rings (SSSR count). The van der Waals surface area contributed by atoms with Gasteiger partial charge in [-0.05, 0) is 19.1 Å². The van der Waals surface area contributed by atoms with Crippen LogP contribution in [-0.2, 0) is 0 Å². The molecule has 2 aromatic carbocycles. The Morgan fingerprint density at radius 3 is 2.73 bits per heavy atom. The third-order valence-electron chi connectivity index (χ3n) is 4.45. The number of nitro benzene ring substituents is 1. The van der Waals surface area contributed by atoms with Crippen molar-refractivity contribution < 1.29 is 14.5 Å². The van der Waals surface area contributed by atoms with Gasteiger partial charge in [-0.2, -0.15) is 5.10 Å². The molecule has 8 nitrogen and oxygen atoms in total. The van der Waals surface area contributed by atoms with Crippen LogP contribution in [0, 0.1) is 10.1 Å². The second kappa shape index (κ2) is 6.83. The fourth-order valence-corrected chi connectivity index (χ4v) is 2.84. The van der Waals surface area contributed by atoms with Crippen LogP contribution in [0.1, 0.15) is 29.0 Å². The van der Waals surface area contributed by atoms with E-state index in [0.29, 0.717) is 16.7 Å². The summed E-state index contributed by atoms with van der Waals surface area (Å²) in [6.07, 6.45) is 0. The van der Waals surface area contributed by atoms with E-state index < -0.39 is 4.92 Å². The minimum absolute atomic E-state index is 0.0895. The highest BCUT2D eigenvalue weighted by molar-refractivity contribution is 6.05. The number of carbonyl (C=O) groups excluding carboxylic acids is 1. The van der Waals surface area contributed by atoms with E-state index in [0.717, 1.165) is 5.56 Å². The number of benzene rings is 2. The number of nitrogens with zero attached hydrogens (tertiary/aromatic N) is 3. The Hall–Kier alpha value is -3.42. The number of non-ortho nitro benzene ring substituents is 1. The van der Waals surface area contributed by atoms with Gasteiger partial charge in [0.25, 0.3) is 11.6 Å². The fraction of sp³-hybridized carbons (Fsp3) is 0.222. The number of para-hydroxylation sites is 1. The Balaban J connectivity index is 1.97. The van der Waals surface area contributed by atoms with Crippen LogP contribution in [0.3, 0.4) is 0 Å². The summed E-state index contributed by atoms with van der Waals surface area (Å²) >= 11 is 0. The highest BCUT2D eigenvalue weighted by Gasteiger charge is 2.25. The Morgan fingerprint density at radius 2 is 2.04 bits per heavy atom. The van der Waals surface area contributed by atoms with Crippen LogP contribution in [0.5, 0.6) is 5.75 Å². The molecule has 0 aliphatic rings. The Morgan fingerprint density at radius 1 is 1.31 bits per heavy atom. The first-order valence-corrected chi connectivity index (χ1v) is 7.96. The van der Waals surface area contributed by atoms with Crippen LogP contribution >= 0.6 is 0 Å². The first kappa shape index (κ1) is 17.4. The lowest BCUT2D eigenvalue weighted by Gasteiger charge is -2.26. The molecule has 1 amide bonds. The molecule has 1 unspecified atom stereocenters. The van der Waals surface area contributed by atoms with Gasteiger partial charge in [0, 0.05) is 30.1 Å². The van der Waals surface area contributed by atoms with Crippen LogP contribution < -0.4 is 4.74 Å². The van der Waals surface area contributed by atoms with Gasteiger partial charge in [-0.15, -0.1) is 0 Å². The van der Waals surface area contributed by atoms with Crippen molar-refractivity contribution in [2.24, 2.45) is 0 Å². The second-order valence-corrected chi connectivity index (χ2v) is 5.89. The fourth-order valence-electron chi connectivity index (χ4n) is 2.84. The molecule has 0 aliphatic heterocycles. The Kier molecular flexibility index (Phi) is 4.57. The largest absolute Gasteiger partial charge is 0.496 e. The Bertz CT molecular complexity index is 982. The molecule has 1 heterocycles. The van der Waals surface area contributed by atoms with Gasteiger partial charge in [0.15, 0.2) is 5.69 Å². The smallest absolute Gasteiger partial charge is 0.275 e. The number of ether oxygens (including phenoxy) is 1. The number of fused-ring (bicyclic) bond motifs is 1. The van der Waals surface area contributed by atoms with Gasteiger partial charge in [-0.1, -0.05) is 18.2 Å². The van der Waals surface area contributed by atoms with E-state index >= 15 is 0 Å². The highest BCUT2D eigenvalue weighted by Crippen LogP contribution is 2.30. The summed E-state index contributed by atoms with van der Waals surface area (Å²) in [7, 11) is 3.24. The predicted octanol–water partition coefficient (Wildman–Crippen LogP) is 3.31. The predicted molar refractivity (Wildman–Crippen MR) is 96.3 cm³/mol. The lowest BCUT2D eigenvalue weighted by atomic mass is 10.1. The monoisotopic (exact) mass is 354 g/mol. The molecule has 0 saturated heterocycles. The SMILES string of the molecule is COc1ccccc1C(C)N(C)C(=O)c1n[nH]c2ccc([N+](=O)[O-])cc12. The van der Waals surface area contributed by atoms with Crippen molar-refractivity contribution in [1.82, 2.24) is 15.1 Å². The van der Waals surface area contributed by atoms with E-state index in [-0.39, 0.29) is 23.3 Å². The molecular weight excluding hydrogens is 336 g/mol. The molecule has 26 heavy (non-hydrogen) atoms. The van der Waals surface area contributed by atoms with Crippen LogP contribution in [0.25, 0.3) is 10.9 Å². The van der Waals surface area contributed by atoms with Gasteiger partial charge in [0.05, 0.1) is 23.6 Å². The molecule has 134 valence electrons. The van der Waals surface area contributed by atoms with E-state index in [1.54, 1.807) is 20.2 Å². The number of methoxy groups -OCH3 is 1. The number of hydrogen-bond acceptors (Lipinski definition) is 5. The number of hydrogen-bond donors (Lipinski definition) is 1. The zero-order valence-corrected chi connectivity index (χ0v) is 14.6. The quantitative estimate of drug-likeness (QED) is 0.559. The summed E-state index contributed by atoms with van der Waals surface area (Å²) < 4.78 is 5.36. The molecule has 0 spiro atoms. The lowest BCUT2D eigenvalue weighted by Crippen LogP contribution is -2.30. The number of carbonyl (C=O) groups is 1. The molecule has 1 aromatic heterocycles. The van der Waals surface area contributed by atoms with Crippen molar-refractivity contribution in [3.05, 3.63) is 63.8 Å². The van der Waals surface area contributed by atoms with Gasteiger partial charge in [0.1, 0.15) is 5.75 Å². The number of aromatic nitrogens is 2. The number of aromatic amines is 1. The minimum atomic E-state index is -0.498. The molecule has 0 aliphatic carbocycles. The zero-order chi connectivity index (χ0) is 18.8. The first-order valence-electron chi connectivity index (χ1n) is 7.96. The summed E-state index contributed by atoms with van der Waals surface area (Å²) in [5.74, 6) is 0.345. The molecule has 3 aromatic rings. The zero-order valence-electron chi connectivity index (χ0n) is 14.6. The minimum Gasteiger partial charge on any atom is -0.496 e. The number of rotatable bonds is 5. The van der Waals surface area contributed by atoms with Gasteiger partial charge < -0.3 is 9.64 Å². The first-order chi connectivity index (χ1) is 12.4. The van der Waals surface area contributed by atoms with Gasteiger partial charge >= 0.3 is 0 Å². The van der Waals surface area contributed by atoms with Crippen molar-refractivity contribution in [3.63, 3.8) is 0 Å². The van der Waals surface area contributed by atoms with E-state index in [4.69, 9.17) is 4.74 Å². The van der Waals surface area contributed by atoms with Gasteiger partial charge in [-0.3, -0.25) is 20.0 Å². The summed E-state index contributed by atoms with van der Waals surface area (Å²) in [4.78, 5) is 25.0. The Labute approximate surface area is 149 Å². The third kappa shape index (κ3) is 2.97. The second-order valence-electron chi connectivity index (χ2n) is 5.89. The normalized spacial score (nSPS) is 12.0. The van der Waals surface area contributed by atoms with Crippen LogP contribution in [0.15, 0.2) is 42.5 Å². The average molecular weight is 354 g/mol. The summed E-state index contributed by atoms with van der Waals surface area (Å²) in [6, 6.07) is 11.4. The number of H-pyrrole nitrogens is 1. The molecule has 1 N–H and O–H groups in total. The van der Waals surface area contributed by atoms with E-state index in [9.17, 15) is 14.9 Å². The molecular formula is C18H18N4O4. The maximum atomic E-state index is 12.9. The van der Waals surface area contributed by atoms with Crippen molar-refractivity contribution in [1.29, 1.82) is 0 Å². The number of nitrogens with one attached hydrogen (secondary N) is 1. The maximum Gasteiger partial charge on any atom is 0.275 e. The topological polar surface area (TPSA) is 101 Å². The van der Waals surface area contributed by atoms with E-state index in [2.05, 4.69) is 10.2 Å². The van der Waals surface area contributed by atoms with Crippen LogP contribution in [0.2, 0.25) is 0 Å². The summed E-state index contributed by atoms with van der Waals surface area (Å²) in [5.41, 5.74) is 1.48. The molecule has 8 heteroatoms. The maximum absolute atomic E-state index is 12.9. The number of nitro groups is 1. The summed E-state index contributed by atoms with van der Waals surface area (Å²) in [5, 5.41) is 18.2. The van der Waals surface area contributed by atoms with Gasteiger partial charge in [0.2, 0.25) is 0 Å². The summed E-state index contributed by atoms with van der Waals surface area (Å²) in [6.45, 7) is 1.88. The van der Waals surface area contributed by atoms with E-state index in [1.165, 1.54) is 17.0 Å². The van der Waals surface area contributed by atoms with Crippen molar-refractivity contribution >= 4 is 22.5 Å². The van der Waals surface area contributed by atoms with Gasteiger partial charge in [-0.25, -0.2) is 0 Å². The highest BCUT2D eigenvalue weighted by atomic mass is 16.6. The van der Waals surface area contributed by atoms with Crippen LogP contribution in [0.4, 0.5) is 5.69 Å². The van der Waals surface area contributed by atoms with Crippen molar-refractivity contribution in [2.75, 3.05) is 14.2 Å². The van der Waals surface area contributed by atoms with Crippen molar-refractivity contribution in [3.8, 4) is 5.75 Å². The molecule has 0 saturated carbocycles. The molecule has 0 radical (unpaired) electrons. The molecule has 1 atom stereocenters. The van der Waals surface area contributed by atoms with Crippen LogP contribution in [-0.4, -0.2) is 40.1 Å². The number of amides is 1. The standard InChI is InChI=1S/C18H18N4O4/c1-11(13-6-4-5-7-16(13)26-3)21(2)18(23)17-14-10-12(22(24)25)8-9-15(14)19-20-17/h4-11H,1-3H3,(H,19,20). The third-order valence-corrected chi connectivity index (χ3v) is 4.45.